The third-order valence-corrected chi connectivity index (χ3v) is 1.79. The molecule has 0 aromatic rings. The first-order valence-corrected chi connectivity index (χ1v) is 5.21. The van der Waals surface area contributed by atoms with Crippen LogP contribution in [-0.4, -0.2) is 52.0 Å². The Morgan fingerprint density at radius 3 is 2.21 bits per heavy atom. The molecule has 0 atom stereocenters. The molecule has 14 heavy (non-hydrogen) atoms. The van der Waals surface area contributed by atoms with E-state index in [1.54, 1.807) is 7.11 Å². The first-order chi connectivity index (χ1) is 6.45. The van der Waals surface area contributed by atoms with Gasteiger partial charge in [0.15, 0.2) is 0 Å². The molecule has 0 saturated heterocycles. The summed E-state index contributed by atoms with van der Waals surface area (Å²) in [6, 6.07) is 0. The van der Waals surface area contributed by atoms with Crippen molar-refractivity contribution in [3.63, 3.8) is 0 Å². The van der Waals surface area contributed by atoms with Gasteiger partial charge >= 0.3 is 0 Å². The molecule has 0 bridgehead atoms. The third-order valence-electron chi connectivity index (χ3n) is 1.79. The van der Waals surface area contributed by atoms with Crippen molar-refractivity contribution in [2.45, 2.75) is 20.8 Å². The summed E-state index contributed by atoms with van der Waals surface area (Å²) in [5.41, 5.74) is 0.362. The molecule has 0 unspecified atom stereocenters. The Morgan fingerprint density at radius 1 is 1.07 bits per heavy atom. The van der Waals surface area contributed by atoms with Crippen LogP contribution in [0.3, 0.4) is 0 Å². The van der Waals surface area contributed by atoms with Crippen molar-refractivity contribution in [2.24, 2.45) is 5.41 Å². The van der Waals surface area contributed by atoms with E-state index in [-0.39, 0.29) is 0 Å². The summed E-state index contributed by atoms with van der Waals surface area (Å²) in [5.74, 6) is 0. The highest BCUT2D eigenvalue weighted by Crippen LogP contribution is 2.13. The van der Waals surface area contributed by atoms with Gasteiger partial charge in [-0.25, -0.2) is 0 Å². The van der Waals surface area contributed by atoms with Gasteiger partial charge in [-0.05, 0) is 12.5 Å². The van der Waals surface area contributed by atoms with Crippen LogP contribution in [0.2, 0.25) is 0 Å². The fourth-order valence-electron chi connectivity index (χ4n) is 1.35. The Balaban J connectivity index is 3.31. The summed E-state index contributed by atoms with van der Waals surface area (Å²) in [5, 5.41) is 0. The predicted octanol–water partition coefficient (Wildman–Crippen LogP) is 1.63. The third kappa shape index (κ3) is 9.96. The van der Waals surface area contributed by atoms with E-state index in [0.29, 0.717) is 18.6 Å². The fraction of sp³-hybridized carbons (Fsp3) is 1.00. The minimum atomic E-state index is 0.362. The molecule has 0 heterocycles. The second kappa shape index (κ2) is 7.21. The first-order valence-electron chi connectivity index (χ1n) is 5.21. The smallest absolute Gasteiger partial charge is 0.0700 e. The van der Waals surface area contributed by atoms with Gasteiger partial charge in [0.2, 0.25) is 0 Å². The lowest BCUT2D eigenvalue weighted by atomic mass is 9.96. The highest BCUT2D eigenvalue weighted by Gasteiger charge is 2.12. The Bertz CT molecular complexity index is 132. The molecule has 0 amide bonds. The second-order valence-electron chi connectivity index (χ2n) is 4.90. The molecule has 0 aliphatic carbocycles. The van der Waals surface area contributed by atoms with Gasteiger partial charge in [-0.15, -0.1) is 0 Å². The average molecular weight is 203 g/mol. The van der Waals surface area contributed by atoms with Crippen LogP contribution in [-0.2, 0) is 9.47 Å². The summed E-state index contributed by atoms with van der Waals surface area (Å²) in [6.07, 6.45) is 0. The normalized spacial score (nSPS) is 12.4. The van der Waals surface area contributed by atoms with Crippen molar-refractivity contribution in [3.8, 4) is 0 Å². The van der Waals surface area contributed by atoms with Gasteiger partial charge in [0.05, 0.1) is 19.8 Å². The molecule has 0 rings (SSSR count). The summed E-state index contributed by atoms with van der Waals surface area (Å²) in [7, 11) is 3.82. The molecule has 0 aromatic carbocycles. The lowest BCUT2D eigenvalue weighted by Crippen LogP contribution is -2.32. The molecule has 86 valence electrons. The lowest BCUT2D eigenvalue weighted by Gasteiger charge is -2.26. The highest BCUT2D eigenvalue weighted by atomic mass is 16.5. The SMILES string of the molecule is COCCOCCN(C)CC(C)(C)C. The van der Waals surface area contributed by atoms with Gasteiger partial charge in [-0.3, -0.25) is 0 Å². The molecule has 0 radical (unpaired) electrons. The zero-order chi connectivity index (χ0) is 11.0. The maximum Gasteiger partial charge on any atom is 0.0700 e. The first kappa shape index (κ1) is 13.9. The van der Waals surface area contributed by atoms with E-state index >= 15 is 0 Å². The van der Waals surface area contributed by atoms with E-state index in [0.717, 1.165) is 19.7 Å². The van der Waals surface area contributed by atoms with Crippen LogP contribution in [0, 0.1) is 5.41 Å². The summed E-state index contributed by atoms with van der Waals surface area (Å²) in [6.45, 7) is 11.0. The quantitative estimate of drug-likeness (QED) is 0.587. The van der Waals surface area contributed by atoms with Gasteiger partial charge < -0.3 is 14.4 Å². The maximum atomic E-state index is 5.39. The van der Waals surface area contributed by atoms with Gasteiger partial charge in [0.25, 0.3) is 0 Å². The minimum absolute atomic E-state index is 0.362. The number of rotatable bonds is 7. The standard InChI is InChI=1S/C11H25NO2/c1-11(2,3)10-12(4)6-7-14-9-8-13-5/h6-10H2,1-5H3. The number of ether oxygens (including phenoxy) is 2. The van der Waals surface area contributed by atoms with Crippen LogP contribution in [0.25, 0.3) is 0 Å². The summed E-state index contributed by atoms with van der Waals surface area (Å²) >= 11 is 0. The highest BCUT2D eigenvalue weighted by molar-refractivity contribution is 4.65. The van der Waals surface area contributed by atoms with Crippen molar-refractivity contribution in [1.82, 2.24) is 4.90 Å². The van der Waals surface area contributed by atoms with Crippen molar-refractivity contribution >= 4 is 0 Å². The van der Waals surface area contributed by atoms with Crippen LogP contribution in [0.4, 0.5) is 0 Å². The Morgan fingerprint density at radius 2 is 1.71 bits per heavy atom. The van der Waals surface area contributed by atoms with E-state index in [4.69, 9.17) is 9.47 Å². The molecular weight excluding hydrogens is 178 g/mol. The van der Waals surface area contributed by atoms with Crippen molar-refractivity contribution < 1.29 is 9.47 Å². The summed E-state index contributed by atoms with van der Waals surface area (Å²) in [4.78, 5) is 2.30. The molecule has 0 aromatic heterocycles. The molecule has 0 saturated carbocycles. The number of hydrogen-bond acceptors (Lipinski definition) is 3. The van der Waals surface area contributed by atoms with E-state index in [2.05, 4.69) is 32.7 Å². The molecule has 0 aliphatic rings. The van der Waals surface area contributed by atoms with E-state index < -0.39 is 0 Å². The van der Waals surface area contributed by atoms with Gasteiger partial charge in [-0.2, -0.15) is 0 Å². The van der Waals surface area contributed by atoms with Crippen LogP contribution >= 0.6 is 0 Å². The maximum absolute atomic E-state index is 5.39. The Hall–Kier alpha value is -0.120. The van der Waals surface area contributed by atoms with E-state index in [9.17, 15) is 0 Å². The van der Waals surface area contributed by atoms with E-state index in [1.807, 2.05) is 0 Å². The Labute approximate surface area is 88.4 Å². The number of methoxy groups -OCH3 is 1. The monoisotopic (exact) mass is 203 g/mol. The van der Waals surface area contributed by atoms with Gasteiger partial charge in [0.1, 0.15) is 0 Å². The summed E-state index contributed by atoms with van der Waals surface area (Å²) < 4.78 is 10.3. The second-order valence-corrected chi connectivity index (χ2v) is 4.90. The topological polar surface area (TPSA) is 21.7 Å². The number of likely N-dealkylation sites (N-methyl/N-ethyl adjacent to an activating group) is 1. The number of hydrogen-bond donors (Lipinski definition) is 0. The van der Waals surface area contributed by atoms with Gasteiger partial charge in [0, 0.05) is 20.2 Å². The molecule has 0 fully saturated rings. The zero-order valence-electron chi connectivity index (χ0n) is 10.3. The molecule has 0 spiro atoms. The number of nitrogens with zero attached hydrogens (tertiary/aromatic N) is 1. The van der Waals surface area contributed by atoms with Crippen LogP contribution in [0.1, 0.15) is 20.8 Å². The molecule has 0 N–H and O–H groups in total. The molecule has 3 heteroatoms. The molecular formula is C11H25NO2. The Kier molecular flexibility index (Phi) is 7.15. The van der Waals surface area contributed by atoms with Crippen molar-refractivity contribution in [1.29, 1.82) is 0 Å². The average Bonchev–Trinajstić information content (AvgIpc) is 2.00. The van der Waals surface area contributed by atoms with Crippen LogP contribution in [0.15, 0.2) is 0 Å². The van der Waals surface area contributed by atoms with Crippen molar-refractivity contribution in [3.05, 3.63) is 0 Å². The van der Waals surface area contributed by atoms with E-state index in [1.165, 1.54) is 0 Å². The molecule has 0 aliphatic heterocycles. The fourth-order valence-corrected chi connectivity index (χ4v) is 1.35. The predicted molar refractivity (Wildman–Crippen MR) is 59.6 cm³/mol. The van der Waals surface area contributed by atoms with Crippen LogP contribution < -0.4 is 0 Å². The van der Waals surface area contributed by atoms with Crippen LogP contribution in [0.5, 0.6) is 0 Å². The minimum Gasteiger partial charge on any atom is -0.382 e. The van der Waals surface area contributed by atoms with Gasteiger partial charge in [-0.1, -0.05) is 20.8 Å². The van der Waals surface area contributed by atoms with Crippen molar-refractivity contribution in [2.75, 3.05) is 47.1 Å². The lowest BCUT2D eigenvalue weighted by molar-refractivity contribution is 0.0566. The molecule has 3 nitrogen and oxygen atoms in total. The largest absolute Gasteiger partial charge is 0.382 e. The zero-order valence-corrected chi connectivity index (χ0v) is 10.3.